The molecule has 2 aliphatic rings. The number of hydrogen-bond donors (Lipinski definition) is 1. The number of hydrogen-bond acceptors (Lipinski definition) is 4. The molecule has 0 aromatic carbocycles. The fraction of sp³-hybridized carbons (Fsp3) is 0.438. The molecule has 1 aliphatic carbocycles. The first-order valence-corrected chi connectivity index (χ1v) is 8.29. The minimum Gasteiger partial charge on any atom is -0.272 e. The summed E-state index contributed by atoms with van der Waals surface area (Å²) in [6, 6.07) is 1.81. The van der Waals surface area contributed by atoms with Gasteiger partial charge in [0.25, 0.3) is 17.7 Å². The molecule has 6 heteroatoms. The van der Waals surface area contributed by atoms with Gasteiger partial charge in [0.1, 0.15) is 0 Å². The molecule has 5 nitrogen and oxygen atoms in total. The van der Waals surface area contributed by atoms with Gasteiger partial charge in [0.2, 0.25) is 0 Å². The Morgan fingerprint density at radius 2 is 1.82 bits per heavy atom. The maximum absolute atomic E-state index is 12.3. The van der Waals surface area contributed by atoms with Crippen LogP contribution in [0.25, 0.3) is 0 Å². The van der Waals surface area contributed by atoms with E-state index in [1.54, 1.807) is 5.38 Å². The summed E-state index contributed by atoms with van der Waals surface area (Å²) in [4.78, 5) is 37.9. The van der Waals surface area contributed by atoms with Crippen molar-refractivity contribution >= 4 is 29.1 Å². The van der Waals surface area contributed by atoms with E-state index in [1.807, 2.05) is 18.2 Å². The SMILES string of the molecule is CC(C)c1cc(C(=O)NN2C(=O)[C@@H]3CC=CC[C@H]3C2=O)cs1. The third-order valence-corrected chi connectivity index (χ3v) is 5.41. The van der Waals surface area contributed by atoms with Crippen molar-refractivity contribution in [2.75, 3.05) is 0 Å². The second-order valence-electron chi connectivity index (χ2n) is 6.00. The van der Waals surface area contributed by atoms with Crippen LogP contribution in [0.15, 0.2) is 23.6 Å². The molecule has 2 heterocycles. The smallest absolute Gasteiger partial charge is 0.271 e. The zero-order valence-corrected chi connectivity index (χ0v) is 13.4. The van der Waals surface area contributed by atoms with Gasteiger partial charge in [0, 0.05) is 10.3 Å². The fourth-order valence-corrected chi connectivity index (χ4v) is 3.76. The minimum atomic E-state index is -0.406. The number of carbonyl (C=O) groups excluding carboxylic acids is 3. The van der Waals surface area contributed by atoms with E-state index in [0.29, 0.717) is 24.3 Å². The first-order chi connectivity index (χ1) is 10.5. The Kier molecular flexibility index (Phi) is 3.87. The van der Waals surface area contributed by atoms with Crippen molar-refractivity contribution < 1.29 is 14.4 Å². The van der Waals surface area contributed by atoms with Crippen molar-refractivity contribution in [3.8, 4) is 0 Å². The summed E-state index contributed by atoms with van der Waals surface area (Å²) < 4.78 is 0. The normalized spacial score (nSPS) is 24.0. The predicted octanol–water partition coefficient (Wildman–Crippen LogP) is 2.47. The van der Waals surface area contributed by atoms with Gasteiger partial charge in [-0.1, -0.05) is 26.0 Å². The van der Waals surface area contributed by atoms with Crippen molar-refractivity contribution in [3.63, 3.8) is 0 Å². The number of nitrogens with zero attached hydrogens (tertiary/aromatic N) is 1. The van der Waals surface area contributed by atoms with Crippen LogP contribution >= 0.6 is 11.3 Å². The monoisotopic (exact) mass is 318 g/mol. The number of carbonyl (C=O) groups is 3. The highest BCUT2D eigenvalue weighted by molar-refractivity contribution is 7.10. The topological polar surface area (TPSA) is 66.5 Å². The maximum Gasteiger partial charge on any atom is 0.271 e. The molecule has 1 saturated heterocycles. The lowest BCUT2D eigenvalue weighted by Gasteiger charge is -2.15. The molecular weight excluding hydrogens is 300 g/mol. The van der Waals surface area contributed by atoms with E-state index >= 15 is 0 Å². The molecule has 1 aromatic heterocycles. The molecule has 0 saturated carbocycles. The van der Waals surface area contributed by atoms with Gasteiger partial charge in [-0.05, 0) is 24.8 Å². The molecule has 3 rings (SSSR count). The first-order valence-electron chi connectivity index (χ1n) is 7.41. The standard InChI is InChI=1S/C16H18N2O3S/c1-9(2)13-7-10(8-22-13)14(19)17-18-15(20)11-5-3-4-6-12(11)16(18)21/h3-4,7-9,11-12H,5-6H2,1-2H3,(H,17,19)/t11-,12-/m1/s1. The molecule has 1 N–H and O–H groups in total. The number of thiophene rings is 1. The molecule has 0 spiro atoms. The van der Waals surface area contributed by atoms with Crippen molar-refractivity contribution in [1.29, 1.82) is 0 Å². The zero-order valence-electron chi connectivity index (χ0n) is 12.5. The van der Waals surface area contributed by atoms with Crippen LogP contribution in [-0.2, 0) is 9.59 Å². The Bertz CT molecular complexity index is 636. The van der Waals surface area contributed by atoms with Crippen LogP contribution in [0.5, 0.6) is 0 Å². The van der Waals surface area contributed by atoms with E-state index in [2.05, 4.69) is 19.3 Å². The highest BCUT2D eigenvalue weighted by atomic mass is 32.1. The summed E-state index contributed by atoms with van der Waals surface area (Å²) in [6.07, 6.45) is 4.98. The molecule has 2 atom stereocenters. The third kappa shape index (κ3) is 2.47. The van der Waals surface area contributed by atoms with Gasteiger partial charge in [-0.15, -0.1) is 11.3 Å². The minimum absolute atomic E-state index is 0.299. The van der Waals surface area contributed by atoms with Crippen molar-refractivity contribution in [3.05, 3.63) is 34.0 Å². The number of rotatable bonds is 3. The second-order valence-corrected chi connectivity index (χ2v) is 6.94. The average molecular weight is 318 g/mol. The summed E-state index contributed by atoms with van der Waals surface area (Å²) in [6.45, 7) is 4.11. The molecule has 3 amide bonds. The quantitative estimate of drug-likeness (QED) is 0.688. The van der Waals surface area contributed by atoms with Gasteiger partial charge in [-0.3, -0.25) is 19.8 Å². The van der Waals surface area contributed by atoms with Gasteiger partial charge < -0.3 is 0 Å². The second kappa shape index (κ2) is 5.68. The van der Waals surface area contributed by atoms with Crippen LogP contribution in [0.1, 0.15) is 47.8 Å². The van der Waals surface area contributed by atoms with Crippen LogP contribution in [0.2, 0.25) is 0 Å². The number of nitrogens with one attached hydrogen (secondary N) is 1. The van der Waals surface area contributed by atoms with Crippen molar-refractivity contribution in [2.24, 2.45) is 11.8 Å². The lowest BCUT2D eigenvalue weighted by atomic mass is 9.85. The van der Waals surface area contributed by atoms with Crippen LogP contribution < -0.4 is 5.43 Å². The Labute approximate surface area is 133 Å². The molecule has 1 fully saturated rings. The predicted molar refractivity (Wildman–Crippen MR) is 83.1 cm³/mol. The van der Waals surface area contributed by atoms with Crippen LogP contribution in [0, 0.1) is 11.8 Å². The molecule has 0 radical (unpaired) electrons. The summed E-state index contributed by atoms with van der Waals surface area (Å²) in [5.41, 5.74) is 2.97. The van der Waals surface area contributed by atoms with Gasteiger partial charge in [0.05, 0.1) is 17.4 Å². The average Bonchev–Trinajstić information content (AvgIpc) is 3.08. The van der Waals surface area contributed by atoms with Crippen LogP contribution in [0.3, 0.4) is 0 Å². The third-order valence-electron chi connectivity index (χ3n) is 4.17. The van der Waals surface area contributed by atoms with E-state index < -0.39 is 5.91 Å². The van der Waals surface area contributed by atoms with E-state index in [1.165, 1.54) is 11.3 Å². The molecule has 0 bridgehead atoms. The van der Waals surface area contributed by atoms with Crippen molar-refractivity contribution in [1.82, 2.24) is 10.4 Å². The molecule has 1 aliphatic heterocycles. The maximum atomic E-state index is 12.3. The number of imide groups is 1. The summed E-state index contributed by atoms with van der Waals surface area (Å²) in [5.74, 6) is -1.32. The summed E-state index contributed by atoms with van der Waals surface area (Å²) >= 11 is 1.51. The number of allylic oxidation sites excluding steroid dienone is 2. The van der Waals surface area contributed by atoms with E-state index in [4.69, 9.17) is 0 Å². The highest BCUT2D eigenvalue weighted by Crippen LogP contribution is 2.34. The molecule has 0 unspecified atom stereocenters. The number of hydrazine groups is 1. The van der Waals surface area contributed by atoms with E-state index in [-0.39, 0.29) is 23.7 Å². The highest BCUT2D eigenvalue weighted by Gasteiger charge is 2.48. The lowest BCUT2D eigenvalue weighted by molar-refractivity contribution is -0.142. The molecule has 1 aromatic rings. The molecular formula is C16H18N2O3S. The van der Waals surface area contributed by atoms with Crippen LogP contribution in [0.4, 0.5) is 0 Å². The lowest BCUT2D eigenvalue weighted by Crippen LogP contribution is -2.46. The van der Waals surface area contributed by atoms with Crippen molar-refractivity contribution in [2.45, 2.75) is 32.6 Å². The van der Waals surface area contributed by atoms with E-state index in [9.17, 15) is 14.4 Å². The fourth-order valence-electron chi connectivity index (χ4n) is 2.85. The van der Waals surface area contributed by atoms with Crippen LogP contribution in [-0.4, -0.2) is 22.7 Å². The van der Waals surface area contributed by atoms with Gasteiger partial charge >= 0.3 is 0 Å². The zero-order chi connectivity index (χ0) is 15.9. The Morgan fingerprint density at radius 1 is 1.23 bits per heavy atom. The Balaban J connectivity index is 1.74. The Hall–Kier alpha value is -1.95. The number of amides is 3. The van der Waals surface area contributed by atoms with Gasteiger partial charge in [-0.2, -0.15) is 5.01 Å². The largest absolute Gasteiger partial charge is 0.272 e. The summed E-state index contributed by atoms with van der Waals surface area (Å²) in [5, 5.41) is 2.67. The Morgan fingerprint density at radius 3 is 2.32 bits per heavy atom. The molecule has 116 valence electrons. The van der Waals surface area contributed by atoms with E-state index in [0.717, 1.165) is 9.89 Å². The van der Waals surface area contributed by atoms with Gasteiger partial charge in [0.15, 0.2) is 0 Å². The summed E-state index contributed by atoms with van der Waals surface area (Å²) in [7, 11) is 0. The first kappa shape index (κ1) is 15.0. The number of fused-ring (bicyclic) bond motifs is 1. The van der Waals surface area contributed by atoms with Gasteiger partial charge in [-0.25, -0.2) is 0 Å². The molecule has 22 heavy (non-hydrogen) atoms.